The van der Waals surface area contributed by atoms with Crippen LogP contribution in [-0.2, 0) is 20.7 Å². The smallest absolute Gasteiger partial charge is 0.265 e. The summed E-state index contributed by atoms with van der Waals surface area (Å²) in [7, 11) is 0. The van der Waals surface area contributed by atoms with Crippen LogP contribution in [0.1, 0.15) is 18.4 Å². The molecular weight excluding hydrogens is 395 g/mol. The van der Waals surface area contributed by atoms with Gasteiger partial charge in [-0.3, -0.25) is 9.59 Å². The van der Waals surface area contributed by atoms with Crippen LogP contribution in [0.5, 0.6) is 0 Å². The molecular formula is C20H19FN4O3S. The monoisotopic (exact) mass is 414 g/mol. The Morgan fingerprint density at radius 2 is 2.07 bits per heavy atom. The Kier molecular flexibility index (Phi) is 3.73. The van der Waals surface area contributed by atoms with Gasteiger partial charge in [-0.15, -0.1) is 0 Å². The van der Waals surface area contributed by atoms with E-state index in [4.69, 9.17) is 4.74 Å². The molecule has 9 heteroatoms. The number of anilines is 1. The van der Waals surface area contributed by atoms with Crippen molar-refractivity contribution >= 4 is 28.1 Å². The number of hydrogen-bond acceptors (Lipinski definition) is 8. The van der Waals surface area contributed by atoms with Crippen LogP contribution in [0.4, 0.5) is 9.39 Å². The number of nitrogens with zero attached hydrogens (tertiary/aromatic N) is 3. The van der Waals surface area contributed by atoms with E-state index in [0.717, 1.165) is 30.1 Å². The maximum Gasteiger partial charge on any atom is 0.265 e. The first-order chi connectivity index (χ1) is 14.1. The summed E-state index contributed by atoms with van der Waals surface area (Å²) in [6.07, 6.45) is 5.20. The fraction of sp³-hybridized carbons (Fsp3) is 0.450. The van der Waals surface area contributed by atoms with Crippen molar-refractivity contribution in [1.82, 2.24) is 14.6 Å². The molecule has 1 aromatic rings. The molecule has 2 atom stereocenters. The maximum atomic E-state index is 15.7. The van der Waals surface area contributed by atoms with Gasteiger partial charge in [0.05, 0.1) is 11.4 Å². The molecule has 0 bridgehead atoms. The highest BCUT2D eigenvalue weighted by Gasteiger charge is 2.51. The second kappa shape index (κ2) is 6.24. The molecule has 5 aliphatic rings. The van der Waals surface area contributed by atoms with Gasteiger partial charge in [-0.1, -0.05) is 6.08 Å². The van der Waals surface area contributed by atoms with Crippen LogP contribution in [0.25, 0.3) is 0 Å². The van der Waals surface area contributed by atoms with Crippen LogP contribution in [0, 0.1) is 5.92 Å². The van der Waals surface area contributed by atoms with Gasteiger partial charge in [0, 0.05) is 50.3 Å². The summed E-state index contributed by atoms with van der Waals surface area (Å²) in [5.41, 5.74) is 2.31. The highest BCUT2D eigenvalue weighted by Crippen LogP contribution is 2.51. The van der Waals surface area contributed by atoms with Gasteiger partial charge in [-0.2, -0.15) is 4.37 Å². The van der Waals surface area contributed by atoms with Crippen molar-refractivity contribution in [2.24, 2.45) is 5.92 Å². The number of carbonyl (C=O) groups excluding carboxylic acids is 2. The first-order valence-electron chi connectivity index (χ1n) is 9.92. The van der Waals surface area contributed by atoms with Crippen molar-refractivity contribution in [3.8, 4) is 0 Å². The Morgan fingerprint density at radius 3 is 2.90 bits per heavy atom. The number of allylic oxidation sites excluding steroid dienone is 3. The molecule has 0 aromatic carbocycles. The van der Waals surface area contributed by atoms with Crippen molar-refractivity contribution in [2.75, 3.05) is 31.1 Å². The molecule has 1 aromatic heterocycles. The number of piperazine rings is 1. The zero-order chi connectivity index (χ0) is 19.7. The zero-order valence-corrected chi connectivity index (χ0v) is 16.4. The quantitative estimate of drug-likeness (QED) is 0.701. The molecule has 29 heavy (non-hydrogen) atoms. The average Bonchev–Trinajstić information content (AvgIpc) is 3.22. The van der Waals surface area contributed by atoms with E-state index in [1.54, 1.807) is 0 Å². The average molecular weight is 414 g/mol. The zero-order valence-electron chi connectivity index (χ0n) is 15.6. The minimum Gasteiger partial charge on any atom is -0.450 e. The molecule has 0 amide bonds. The van der Waals surface area contributed by atoms with Gasteiger partial charge in [0.15, 0.2) is 17.3 Å². The fourth-order valence-corrected chi connectivity index (χ4v) is 5.82. The molecule has 2 aliphatic carbocycles. The fourth-order valence-electron chi connectivity index (χ4n) is 4.98. The summed E-state index contributed by atoms with van der Waals surface area (Å²) in [5.74, 6) is -1.40. The first-order valence-corrected chi connectivity index (χ1v) is 10.7. The Morgan fingerprint density at radius 1 is 1.24 bits per heavy atom. The molecule has 2 unspecified atom stereocenters. The number of ether oxygens (including phenoxy) is 1. The van der Waals surface area contributed by atoms with Crippen molar-refractivity contribution in [3.63, 3.8) is 0 Å². The summed E-state index contributed by atoms with van der Waals surface area (Å²) in [6.45, 7) is 3.01. The van der Waals surface area contributed by atoms with Crippen LogP contribution in [0.3, 0.4) is 0 Å². The van der Waals surface area contributed by atoms with Gasteiger partial charge in [-0.25, -0.2) is 4.39 Å². The van der Waals surface area contributed by atoms with Gasteiger partial charge in [0.1, 0.15) is 11.0 Å². The third-order valence-electron chi connectivity index (χ3n) is 6.33. The molecule has 6 rings (SSSR count). The molecule has 7 nitrogen and oxygen atoms in total. The maximum absolute atomic E-state index is 15.7. The van der Waals surface area contributed by atoms with Gasteiger partial charge in [0.2, 0.25) is 5.78 Å². The third-order valence-corrected chi connectivity index (χ3v) is 7.18. The van der Waals surface area contributed by atoms with E-state index in [-0.39, 0.29) is 29.9 Å². The van der Waals surface area contributed by atoms with Gasteiger partial charge in [0.25, 0.3) is 5.78 Å². The molecule has 0 spiro atoms. The molecule has 1 fully saturated rings. The second-order valence-corrected chi connectivity index (χ2v) is 8.72. The number of Topliss-reactive ketones (excluding diaryl/α,β-unsaturated/α-hetero) is 2. The normalized spacial score (nSPS) is 28.7. The van der Waals surface area contributed by atoms with Crippen LogP contribution in [-0.4, -0.2) is 53.1 Å². The number of halogens is 1. The van der Waals surface area contributed by atoms with Crippen LogP contribution in [0.2, 0.25) is 0 Å². The van der Waals surface area contributed by atoms with Crippen molar-refractivity contribution < 1.29 is 18.7 Å². The Labute approximate surface area is 170 Å². The van der Waals surface area contributed by atoms with E-state index in [1.807, 2.05) is 22.1 Å². The summed E-state index contributed by atoms with van der Waals surface area (Å²) in [6, 6.07) is -0.339. The van der Waals surface area contributed by atoms with E-state index in [9.17, 15) is 9.59 Å². The predicted molar refractivity (Wildman–Crippen MR) is 104 cm³/mol. The van der Waals surface area contributed by atoms with Gasteiger partial charge in [-0.05, 0) is 24.4 Å². The van der Waals surface area contributed by atoms with Crippen LogP contribution >= 0.6 is 11.5 Å². The Bertz CT molecular complexity index is 1040. The molecule has 0 saturated carbocycles. The predicted octanol–water partition coefficient (Wildman–Crippen LogP) is 1.65. The molecule has 4 heterocycles. The second-order valence-electron chi connectivity index (χ2n) is 7.94. The van der Waals surface area contributed by atoms with Crippen molar-refractivity contribution in [1.29, 1.82) is 0 Å². The van der Waals surface area contributed by atoms with Gasteiger partial charge < -0.3 is 19.9 Å². The molecule has 0 radical (unpaired) electrons. The Balaban J connectivity index is 1.53. The summed E-state index contributed by atoms with van der Waals surface area (Å²) in [4.78, 5) is 28.7. The molecule has 1 N–H and O–H groups in total. The van der Waals surface area contributed by atoms with E-state index in [2.05, 4.69) is 9.69 Å². The minimum atomic E-state index is -0.656. The lowest BCUT2D eigenvalue weighted by Crippen LogP contribution is -2.53. The van der Waals surface area contributed by atoms with E-state index >= 15 is 4.39 Å². The number of hydrogen-bond donors (Lipinski definition) is 1. The lowest BCUT2D eigenvalue weighted by atomic mass is 9.80. The largest absolute Gasteiger partial charge is 0.450 e. The van der Waals surface area contributed by atoms with E-state index < -0.39 is 17.4 Å². The standard InChI is InChI=1S/C20H19FN4O3S/c21-15-13(24-5-3-22-4-6-24)8-10-7-11-9-23-29-20(11)25-12-1-2-14(26)17(27)18(12)28-19(15)16(10)25/h8-10,16,22H,1-7H2. The van der Waals surface area contributed by atoms with Crippen molar-refractivity contribution in [3.05, 3.63) is 46.6 Å². The van der Waals surface area contributed by atoms with Crippen molar-refractivity contribution in [2.45, 2.75) is 25.3 Å². The molecule has 1 saturated heterocycles. The number of fused-ring (bicyclic) bond motifs is 3. The number of aromatic nitrogens is 1. The summed E-state index contributed by atoms with van der Waals surface area (Å²) < 4.78 is 26.0. The third kappa shape index (κ3) is 2.40. The Hall–Kier alpha value is -2.52. The molecule has 150 valence electrons. The van der Waals surface area contributed by atoms with E-state index in [1.165, 1.54) is 11.5 Å². The van der Waals surface area contributed by atoms with Gasteiger partial charge >= 0.3 is 0 Å². The number of rotatable bonds is 1. The highest BCUT2D eigenvalue weighted by atomic mass is 32.1. The van der Waals surface area contributed by atoms with E-state index in [0.29, 0.717) is 30.9 Å². The highest BCUT2D eigenvalue weighted by molar-refractivity contribution is 7.10. The number of carbonyl (C=O) groups is 2. The SMILES string of the molecule is O=C1CCC2=C(OC3=C(F)C(N4CCNCC4)=CC4Cc5cnsc5N2C34)C1=O. The number of ketones is 2. The van der Waals surface area contributed by atoms with Crippen LogP contribution < -0.4 is 10.2 Å². The number of nitrogens with one attached hydrogen (secondary N) is 1. The first kappa shape index (κ1) is 17.3. The molecule has 3 aliphatic heterocycles. The minimum absolute atomic E-state index is 0.00999. The lowest BCUT2D eigenvalue weighted by Gasteiger charge is -2.49. The summed E-state index contributed by atoms with van der Waals surface area (Å²) in [5, 5.41) is 4.21. The summed E-state index contributed by atoms with van der Waals surface area (Å²) >= 11 is 1.34. The lowest BCUT2D eigenvalue weighted by molar-refractivity contribution is -0.137. The van der Waals surface area contributed by atoms with Crippen LogP contribution in [0.15, 0.2) is 41.0 Å². The topological polar surface area (TPSA) is 74.8 Å².